The van der Waals surface area contributed by atoms with Crippen molar-refractivity contribution in [2.24, 2.45) is 5.92 Å². The molecule has 3 aromatic carbocycles. The number of carbonyl (C=O) groups excluding carboxylic acids is 8. The zero-order chi connectivity index (χ0) is 50.9. The Morgan fingerprint density at radius 3 is 1.78 bits per heavy atom. The molecule has 0 aliphatic carbocycles. The monoisotopic (exact) mass is 960 g/mol. The van der Waals surface area contributed by atoms with E-state index in [1.165, 1.54) is 21.1 Å². The summed E-state index contributed by atoms with van der Waals surface area (Å²) >= 11 is 0. The van der Waals surface area contributed by atoms with E-state index in [4.69, 9.17) is 28.4 Å². The molecule has 69 heavy (non-hydrogen) atoms. The van der Waals surface area contributed by atoms with Crippen molar-refractivity contribution in [3.8, 4) is 22.6 Å². The molecule has 0 saturated heterocycles. The maximum Gasteiger partial charge on any atom is 0.410 e. The van der Waals surface area contributed by atoms with Gasteiger partial charge in [-0.15, -0.1) is 0 Å². The second kappa shape index (κ2) is 25.1. The first-order valence-electron chi connectivity index (χ1n) is 22.4. The third-order valence-corrected chi connectivity index (χ3v) is 9.98. The summed E-state index contributed by atoms with van der Waals surface area (Å²) in [5.41, 5.74) is 0.814. The van der Waals surface area contributed by atoms with Gasteiger partial charge in [-0.1, -0.05) is 49.4 Å². The van der Waals surface area contributed by atoms with Crippen molar-refractivity contribution in [1.82, 2.24) is 31.5 Å². The van der Waals surface area contributed by atoms with Crippen LogP contribution in [-0.4, -0.2) is 123 Å². The standard InChI is InChI=1S/C49H64N6O14/c1-30-23-37(56)42(55(8)47(63)67-29-31-13-11-10-12-14-31)33-16-18-39(66-22-20-51-41(58)28-53-46(62)69-49(5,6)7)35(26-33)34-24-32(25-36(44(60)64-9)54-43(30)59)15-17-38(34)65-21-19-50-40(57)27-52-45(61)68-48(2,3)4/h10-18,24,26,30,36,42H,19-23,25,27-29H2,1-9H3,(H,50,57)(H,51,58)(H,52,61)(H,53,62)(H,54,59)/t30-,36+,42+/m1/s1. The Morgan fingerprint density at radius 2 is 1.25 bits per heavy atom. The number of fused-ring (bicyclic) bond motifs is 5. The number of hydrogen-bond donors (Lipinski definition) is 5. The maximum absolute atomic E-state index is 14.5. The van der Waals surface area contributed by atoms with E-state index in [2.05, 4.69) is 26.6 Å². The van der Waals surface area contributed by atoms with Crippen molar-refractivity contribution in [3.63, 3.8) is 0 Å². The van der Waals surface area contributed by atoms with Crippen molar-refractivity contribution < 1.29 is 66.8 Å². The van der Waals surface area contributed by atoms with Crippen molar-refractivity contribution >= 4 is 47.8 Å². The van der Waals surface area contributed by atoms with Crippen LogP contribution in [-0.2, 0) is 55.9 Å². The van der Waals surface area contributed by atoms with Crippen LogP contribution >= 0.6 is 0 Å². The average molecular weight is 961 g/mol. The summed E-state index contributed by atoms with van der Waals surface area (Å²) in [5, 5.41) is 12.9. The fraction of sp³-hybridized carbons (Fsp3) is 0.469. The molecule has 0 radical (unpaired) electrons. The second-order valence-corrected chi connectivity index (χ2v) is 18.1. The van der Waals surface area contributed by atoms with Gasteiger partial charge in [0.25, 0.3) is 0 Å². The number of Topliss-reactive ketones (excluding diaryl/α,β-unsaturated/α-hetero) is 1. The topological polar surface area (TPSA) is 255 Å². The predicted octanol–water partition coefficient (Wildman–Crippen LogP) is 4.51. The average Bonchev–Trinajstić information content (AvgIpc) is 3.28. The van der Waals surface area contributed by atoms with E-state index in [0.717, 1.165) is 4.90 Å². The van der Waals surface area contributed by atoms with Crippen LogP contribution in [0.1, 0.15) is 77.6 Å². The van der Waals surface area contributed by atoms with Crippen LogP contribution in [0.4, 0.5) is 14.4 Å². The Balaban J connectivity index is 1.74. The quantitative estimate of drug-likeness (QED) is 0.0753. The minimum atomic E-state index is -1.30. The van der Waals surface area contributed by atoms with E-state index in [0.29, 0.717) is 27.8 Å². The predicted molar refractivity (Wildman–Crippen MR) is 251 cm³/mol. The molecule has 1 aliphatic heterocycles. The summed E-state index contributed by atoms with van der Waals surface area (Å²) in [5.74, 6) is -3.30. The zero-order valence-corrected chi connectivity index (χ0v) is 40.6. The van der Waals surface area contributed by atoms with Crippen LogP contribution in [0.3, 0.4) is 0 Å². The molecular weight excluding hydrogens is 897 g/mol. The molecule has 1 heterocycles. The molecule has 6 amide bonds. The van der Waals surface area contributed by atoms with Crippen LogP contribution in [0.5, 0.6) is 11.5 Å². The number of carbonyl (C=O) groups is 8. The van der Waals surface area contributed by atoms with Gasteiger partial charge in [-0.2, -0.15) is 0 Å². The largest absolute Gasteiger partial charge is 0.491 e. The number of likely N-dealkylation sites (N-methyl/N-ethyl adjacent to an activating group) is 1. The Morgan fingerprint density at radius 1 is 0.710 bits per heavy atom. The number of esters is 1. The molecular formula is C49H64N6O14. The van der Waals surface area contributed by atoms with Gasteiger partial charge < -0.3 is 55.0 Å². The highest BCUT2D eigenvalue weighted by molar-refractivity contribution is 5.94. The van der Waals surface area contributed by atoms with Gasteiger partial charge in [0, 0.05) is 36.9 Å². The van der Waals surface area contributed by atoms with Gasteiger partial charge >= 0.3 is 24.2 Å². The second-order valence-electron chi connectivity index (χ2n) is 18.1. The molecule has 0 aromatic heterocycles. The van der Waals surface area contributed by atoms with E-state index >= 15 is 0 Å². The van der Waals surface area contributed by atoms with E-state index in [1.807, 2.05) is 6.07 Å². The first-order chi connectivity index (χ1) is 32.5. The van der Waals surface area contributed by atoms with E-state index in [9.17, 15) is 38.4 Å². The summed E-state index contributed by atoms with van der Waals surface area (Å²) in [6, 6.07) is 16.4. The van der Waals surface area contributed by atoms with Gasteiger partial charge in [-0.05, 0) is 82.5 Å². The van der Waals surface area contributed by atoms with Crippen molar-refractivity contribution in [2.75, 3.05) is 53.6 Å². The summed E-state index contributed by atoms with van der Waals surface area (Å²) in [7, 11) is 2.60. The number of rotatable bonds is 16. The molecule has 4 bridgehead atoms. The molecule has 5 N–H and O–H groups in total. The lowest BCUT2D eigenvalue weighted by Gasteiger charge is -2.29. The normalized spacial score (nSPS) is 16.0. The summed E-state index contributed by atoms with van der Waals surface area (Å²) in [6.07, 6.45) is -2.72. The van der Waals surface area contributed by atoms with Crippen LogP contribution < -0.4 is 36.1 Å². The zero-order valence-electron chi connectivity index (χ0n) is 40.6. The van der Waals surface area contributed by atoms with Crippen molar-refractivity contribution in [1.29, 1.82) is 0 Å². The molecule has 374 valence electrons. The number of alkyl carbamates (subject to hydrolysis) is 2. The van der Waals surface area contributed by atoms with Crippen molar-refractivity contribution in [2.45, 2.75) is 91.2 Å². The number of benzene rings is 3. The first kappa shape index (κ1) is 54.2. The number of nitrogens with one attached hydrogen (secondary N) is 5. The lowest BCUT2D eigenvalue weighted by molar-refractivity contribution is -0.145. The van der Waals surface area contributed by atoms with Gasteiger partial charge in [0.1, 0.15) is 54.6 Å². The number of methoxy groups -OCH3 is 1. The fourth-order valence-electron chi connectivity index (χ4n) is 6.80. The molecule has 20 heteroatoms. The Labute approximate surface area is 401 Å². The minimum Gasteiger partial charge on any atom is -0.491 e. The van der Waals surface area contributed by atoms with Gasteiger partial charge in [-0.3, -0.25) is 24.1 Å². The lowest BCUT2D eigenvalue weighted by atomic mass is 9.90. The number of ether oxygens (including phenoxy) is 6. The Bertz CT molecular complexity index is 2310. The molecule has 20 nitrogen and oxygen atoms in total. The van der Waals surface area contributed by atoms with E-state index < -0.39 is 77.0 Å². The third-order valence-electron chi connectivity index (χ3n) is 9.98. The van der Waals surface area contributed by atoms with Crippen molar-refractivity contribution in [3.05, 3.63) is 83.4 Å². The highest BCUT2D eigenvalue weighted by Gasteiger charge is 2.34. The molecule has 3 aromatic rings. The minimum absolute atomic E-state index is 0.00258. The van der Waals surface area contributed by atoms with Crippen LogP contribution in [0.25, 0.3) is 11.1 Å². The highest BCUT2D eigenvalue weighted by Crippen LogP contribution is 2.40. The molecule has 3 atom stereocenters. The molecule has 1 aliphatic rings. The molecule has 0 saturated carbocycles. The summed E-state index contributed by atoms with van der Waals surface area (Å²) in [4.78, 5) is 106. The lowest BCUT2D eigenvalue weighted by Crippen LogP contribution is -2.46. The van der Waals surface area contributed by atoms with Gasteiger partial charge in [0.05, 0.1) is 33.3 Å². The van der Waals surface area contributed by atoms with Crippen LogP contribution in [0, 0.1) is 5.92 Å². The van der Waals surface area contributed by atoms with E-state index in [1.54, 1.807) is 102 Å². The molecule has 0 spiro atoms. The maximum atomic E-state index is 14.5. The third kappa shape index (κ3) is 18.0. The highest BCUT2D eigenvalue weighted by atomic mass is 16.6. The summed E-state index contributed by atoms with van der Waals surface area (Å²) in [6.45, 7) is 10.8. The smallest absolute Gasteiger partial charge is 0.410 e. The fourth-order valence-corrected chi connectivity index (χ4v) is 6.80. The Hall–Kier alpha value is -7.38. The first-order valence-corrected chi connectivity index (χ1v) is 22.4. The summed E-state index contributed by atoms with van der Waals surface area (Å²) < 4.78 is 33.6. The van der Waals surface area contributed by atoms with E-state index in [-0.39, 0.29) is 70.3 Å². The van der Waals surface area contributed by atoms with Gasteiger partial charge in [0.2, 0.25) is 17.7 Å². The van der Waals surface area contributed by atoms with Gasteiger partial charge in [-0.25, -0.2) is 19.2 Å². The molecule has 0 unspecified atom stereocenters. The van der Waals surface area contributed by atoms with Gasteiger partial charge in [0.15, 0.2) is 5.78 Å². The van der Waals surface area contributed by atoms with Crippen LogP contribution in [0.15, 0.2) is 66.7 Å². The Kier molecular flexibility index (Phi) is 19.7. The molecule has 4 rings (SSSR count). The SMILES string of the molecule is COC(=O)[C@@H]1Cc2ccc(OCCNC(=O)CNC(=O)OC(C)(C)C)c(c2)-c2cc(ccc2OCCNC(=O)CNC(=O)OC(C)(C)C)[C@H](N(C)C(=O)OCc2ccccc2)C(=O)C[C@@H](C)C(=O)N1. The number of ketones is 1. The van der Waals surface area contributed by atoms with Crippen LogP contribution in [0.2, 0.25) is 0 Å². The number of amides is 6. The number of nitrogens with zero attached hydrogens (tertiary/aromatic N) is 1. The number of hydrogen-bond acceptors (Lipinski definition) is 14. The molecule has 0 fully saturated rings.